The summed E-state index contributed by atoms with van der Waals surface area (Å²) in [5, 5.41) is 5.58. The van der Waals surface area contributed by atoms with Gasteiger partial charge in [-0.25, -0.2) is 9.18 Å². The lowest BCUT2D eigenvalue weighted by molar-refractivity contribution is -0.115. The highest BCUT2D eigenvalue weighted by Gasteiger charge is 2.23. The number of hydrogen-bond acceptors (Lipinski definition) is 5. The number of hydrogen-bond donors (Lipinski definition) is 1. The minimum atomic E-state index is -0.497. The molecule has 2 aromatic heterocycles. The Bertz CT molecular complexity index is 1210. The van der Waals surface area contributed by atoms with Gasteiger partial charge in [0.2, 0.25) is 5.91 Å². The van der Waals surface area contributed by atoms with E-state index in [-0.39, 0.29) is 18.9 Å². The molecule has 1 N–H and O–H groups in total. The Morgan fingerprint density at radius 1 is 1.17 bits per heavy atom. The van der Waals surface area contributed by atoms with Crippen molar-refractivity contribution in [3.63, 3.8) is 0 Å². The zero-order chi connectivity index (χ0) is 21.1. The summed E-state index contributed by atoms with van der Waals surface area (Å²) in [6, 6.07) is 13.6. The van der Waals surface area contributed by atoms with Crippen molar-refractivity contribution >= 4 is 39.2 Å². The number of ether oxygens (including phenoxy) is 1. The molecule has 0 bridgehead atoms. The van der Waals surface area contributed by atoms with Gasteiger partial charge in [-0.15, -0.1) is 11.3 Å². The molecule has 2 aromatic carbocycles. The van der Waals surface area contributed by atoms with E-state index < -0.39 is 11.8 Å². The monoisotopic (exact) mass is 423 g/mol. The fourth-order valence-corrected chi connectivity index (χ4v) is 4.19. The number of nitrogens with one attached hydrogen (secondary N) is 1. The van der Waals surface area contributed by atoms with Crippen LogP contribution in [0, 0.1) is 5.82 Å². The molecule has 7 heteroatoms. The lowest BCUT2D eigenvalue weighted by atomic mass is 10.0. The molecule has 1 amide bonds. The highest BCUT2D eigenvalue weighted by molar-refractivity contribution is 7.15. The summed E-state index contributed by atoms with van der Waals surface area (Å²) in [6.45, 7) is 1.96. The molecule has 0 aliphatic carbocycles. The van der Waals surface area contributed by atoms with Gasteiger partial charge in [0.15, 0.2) is 0 Å². The molecule has 0 saturated carbocycles. The first kappa shape index (κ1) is 19.8. The van der Waals surface area contributed by atoms with Crippen molar-refractivity contribution in [3.8, 4) is 11.1 Å². The Morgan fingerprint density at radius 2 is 1.97 bits per heavy atom. The first-order valence-electron chi connectivity index (χ1n) is 9.36. The minimum Gasteiger partial charge on any atom is -0.464 e. The number of amides is 1. The zero-order valence-corrected chi connectivity index (χ0v) is 16.9. The normalized spacial score (nSPS) is 10.9. The van der Waals surface area contributed by atoms with E-state index in [0.29, 0.717) is 32.7 Å². The Morgan fingerprint density at radius 3 is 2.73 bits per heavy atom. The molecular weight excluding hydrogens is 405 g/mol. The molecule has 0 radical (unpaired) electrons. The van der Waals surface area contributed by atoms with Crippen LogP contribution in [0.3, 0.4) is 0 Å². The molecule has 0 atom stereocenters. The van der Waals surface area contributed by atoms with Gasteiger partial charge in [-0.1, -0.05) is 30.3 Å². The predicted octanol–water partition coefficient (Wildman–Crippen LogP) is 5.66. The lowest BCUT2D eigenvalue weighted by Gasteiger charge is -2.08. The second kappa shape index (κ2) is 8.51. The number of anilines is 1. The third-order valence-corrected chi connectivity index (χ3v) is 5.47. The summed E-state index contributed by atoms with van der Waals surface area (Å²) < 4.78 is 24.2. The summed E-state index contributed by atoms with van der Waals surface area (Å²) in [6.07, 6.45) is 1.43. The van der Waals surface area contributed by atoms with Crippen LogP contribution in [0.2, 0.25) is 0 Å². The van der Waals surface area contributed by atoms with Crippen molar-refractivity contribution in [2.24, 2.45) is 0 Å². The molecule has 5 nitrogen and oxygen atoms in total. The summed E-state index contributed by atoms with van der Waals surface area (Å²) in [5.41, 5.74) is 2.96. The Labute approximate surface area is 176 Å². The van der Waals surface area contributed by atoms with Crippen LogP contribution in [0.25, 0.3) is 22.1 Å². The van der Waals surface area contributed by atoms with E-state index in [1.165, 1.54) is 35.8 Å². The average Bonchev–Trinajstić information content (AvgIpc) is 3.33. The molecule has 4 rings (SSSR count). The first-order valence-corrected chi connectivity index (χ1v) is 10.2. The molecule has 0 aliphatic heterocycles. The Kier molecular flexibility index (Phi) is 5.63. The van der Waals surface area contributed by atoms with Gasteiger partial charge in [-0.2, -0.15) is 0 Å². The second-order valence-electron chi connectivity index (χ2n) is 6.57. The maximum absolute atomic E-state index is 13.6. The van der Waals surface area contributed by atoms with Crippen molar-refractivity contribution in [1.82, 2.24) is 0 Å². The Balaban J connectivity index is 1.62. The highest BCUT2D eigenvalue weighted by Crippen LogP contribution is 2.36. The number of esters is 1. The number of carbonyl (C=O) groups is 2. The van der Waals surface area contributed by atoms with Gasteiger partial charge in [0.1, 0.15) is 22.0 Å². The zero-order valence-electron chi connectivity index (χ0n) is 16.1. The molecule has 152 valence electrons. The summed E-state index contributed by atoms with van der Waals surface area (Å²) in [5.74, 6) is -1.24. The molecule has 0 aliphatic rings. The fraction of sp³-hybridized carbons (Fsp3) is 0.130. The smallest absolute Gasteiger partial charge is 0.341 e. The van der Waals surface area contributed by atoms with Gasteiger partial charge >= 0.3 is 5.97 Å². The van der Waals surface area contributed by atoms with Gasteiger partial charge < -0.3 is 14.5 Å². The van der Waals surface area contributed by atoms with Crippen molar-refractivity contribution in [2.75, 3.05) is 11.9 Å². The van der Waals surface area contributed by atoms with Crippen molar-refractivity contribution in [1.29, 1.82) is 0 Å². The molecule has 2 heterocycles. The van der Waals surface area contributed by atoms with Gasteiger partial charge in [0, 0.05) is 21.9 Å². The van der Waals surface area contributed by atoms with Crippen LogP contribution in [0.5, 0.6) is 0 Å². The van der Waals surface area contributed by atoms with E-state index in [1.807, 2.05) is 35.7 Å². The first-order chi connectivity index (χ1) is 14.6. The minimum absolute atomic E-state index is 0.0166. The van der Waals surface area contributed by atoms with E-state index in [0.717, 1.165) is 5.56 Å². The molecular formula is C23H18FNO4S. The van der Waals surface area contributed by atoms with Crippen LogP contribution in [0.15, 0.2) is 64.6 Å². The molecule has 0 unspecified atom stereocenters. The molecule has 0 fully saturated rings. The molecule has 0 spiro atoms. The number of carbonyl (C=O) groups excluding carboxylic acids is 2. The van der Waals surface area contributed by atoms with E-state index >= 15 is 0 Å². The van der Waals surface area contributed by atoms with Gasteiger partial charge in [0.05, 0.1) is 19.3 Å². The Hall–Kier alpha value is -3.45. The maximum atomic E-state index is 13.6. The molecule has 4 aromatic rings. The standard InChI is InChI=1S/C23H18FNO4S/c1-2-28-23(27)21-18(14-6-4-3-5-7-14)13-30-22(21)25-20(26)10-15-12-29-19-9-8-16(24)11-17(15)19/h3-9,11-13H,2,10H2,1H3,(H,25,26). The number of fused-ring (bicyclic) bond motifs is 1. The second-order valence-corrected chi connectivity index (χ2v) is 7.45. The van der Waals surface area contributed by atoms with E-state index in [1.54, 1.807) is 6.92 Å². The van der Waals surface area contributed by atoms with Crippen LogP contribution in [-0.4, -0.2) is 18.5 Å². The summed E-state index contributed by atoms with van der Waals surface area (Å²) >= 11 is 1.26. The quantitative estimate of drug-likeness (QED) is 0.407. The van der Waals surface area contributed by atoms with Crippen molar-refractivity contribution < 1.29 is 23.1 Å². The largest absolute Gasteiger partial charge is 0.464 e. The fourth-order valence-electron chi connectivity index (χ4n) is 3.22. The van der Waals surface area contributed by atoms with Gasteiger partial charge in [-0.3, -0.25) is 4.79 Å². The number of rotatable bonds is 6. The number of benzene rings is 2. The maximum Gasteiger partial charge on any atom is 0.341 e. The van der Waals surface area contributed by atoms with Crippen LogP contribution < -0.4 is 5.32 Å². The number of thiophene rings is 1. The van der Waals surface area contributed by atoms with Crippen LogP contribution in [0.4, 0.5) is 9.39 Å². The van der Waals surface area contributed by atoms with Crippen molar-refractivity contribution in [3.05, 3.63) is 77.1 Å². The van der Waals surface area contributed by atoms with E-state index in [4.69, 9.17) is 9.15 Å². The van der Waals surface area contributed by atoms with E-state index in [9.17, 15) is 14.0 Å². The molecule has 30 heavy (non-hydrogen) atoms. The van der Waals surface area contributed by atoms with Crippen LogP contribution >= 0.6 is 11.3 Å². The third-order valence-electron chi connectivity index (χ3n) is 4.58. The number of furan rings is 1. The topological polar surface area (TPSA) is 68.5 Å². The van der Waals surface area contributed by atoms with Crippen LogP contribution in [-0.2, 0) is 16.0 Å². The van der Waals surface area contributed by atoms with Crippen molar-refractivity contribution in [2.45, 2.75) is 13.3 Å². The van der Waals surface area contributed by atoms with Gasteiger partial charge in [0.25, 0.3) is 0 Å². The molecule has 0 saturated heterocycles. The van der Waals surface area contributed by atoms with Gasteiger partial charge in [-0.05, 0) is 30.7 Å². The highest BCUT2D eigenvalue weighted by atomic mass is 32.1. The number of halogens is 1. The predicted molar refractivity (Wildman–Crippen MR) is 114 cm³/mol. The van der Waals surface area contributed by atoms with E-state index in [2.05, 4.69) is 5.32 Å². The lowest BCUT2D eigenvalue weighted by Crippen LogP contribution is -2.16. The SMILES string of the molecule is CCOC(=O)c1c(-c2ccccc2)csc1NC(=O)Cc1coc2ccc(F)cc12. The summed E-state index contributed by atoms with van der Waals surface area (Å²) in [7, 11) is 0. The third kappa shape index (κ3) is 3.97. The average molecular weight is 423 g/mol. The van der Waals surface area contributed by atoms with Crippen LogP contribution in [0.1, 0.15) is 22.8 Å². The summed E-state index contributed by atoms with van der Waals surface area (Å²) in [4.78, 5) is 25.3.